The lowest BCUT2D eigenvalue weighted by molar-refractivity contribution is -0.259. The highest BCUT2D eigenvalue weighted by molar-refractivity contribution is 9.10. The van der Waals surface area contributed by atoms with Gasteiger partial charge >= 0.3 is 0 Å². The first-order valence-corrected chi connectivity index (χ1v) is 7.07. The number of ether oxygens (including phenoxy) is 1. The Morgan fingerprint density at radius 2 is 2.00 bits per heavy atom. The minimum absolute atomic E-state index is 0.0591. The number of thiophene rings is 1. The summed E-state index contributed by atoms with van der Waals surface area (Å²) >= 11 is 4.72. The number of hydrogen-bond acceptors (Lipinski definition) is 6. The van der Waals surface area contributed by atoms with Gasteiger partial charge in [-0.25, -0.2) is 0 Å². The molecule has 0 N–H and O–H groups in total. The third-order valence-corrected chi connectivity index (χ3v) is 4.11. The number of rotatable bonds is 5. The molecule has 0 aliphatic heterocycles. The van der Waals surface area contributed by atoms with Gasteiger partial charge in [0.25, 0.3) is 0 Å². The zero-order valence-electron chi connectivity index (χ0n) is 9.92. The second-order valence-electron chi connectivity index (χ2n) is 3.77. The Labute approximate surface area is 126 Å². The van der Waals surface area contributed by atoms with E-state index < -0.39 is 23.1 Å². The number of carbonyl (C=O) groups excluding carboxylic acids is 2. The van der Waals surface area contributed by atoms with Crippen LogP contribution in [-0.2, 0) is 6.61 Å². The first-order valence-electron chi connectivity index (χ1n) is 5.40. The third-order valence-electron chi connectivity index (χ3n) is 2.44. The van der Waals surface area contributed by atoms with Crippen molar-refractivity contribution in [2.75, 3.05) is 0 Å². The Bertz CT molecular complexity index is 665. The number of halogens is 1. The molecule has 0 unspecified atom stereocenters. The summed E-state index contributed by atoms with van der Waals surface area (Å²) < 4.78 is 6.26. The maximum Gasteiger partial charge on any atom is 0.129 e. The molecule has 0 aliphatic rings. The standard InChI is InChI=1S/C13H9BrO5S/c14-7-4-8(20-6-7)5-19-10-3-1-2-9(12(15)16)11(10)13(17)18/h1-4,6H,5H2,(H,15,16)(H,17,18)/p-2. The molecule has 5 nitrogen and oxygen atoms in total. The molecule has 7 heteroatoms. The highest BCUT2D eigenvalue weighted by atomic mass is 79.9. The topological polar surface area (TPSA) is 89.5 Å². The Morgan fingerprint density at radius 3 is 2.55 bits per heavy atom. The van der Waals surface area contributed by atoms with Gasteiger partial charge in [-0.15, -0.1) is 11.3 Å². The fraction of sp³-hybridized carbons (Fsp3) is 0.0769. The molecule has 0 aliphatic carbocycles. The van der Waals surface area contributed by atoms with Crippen LogP contribution in [0.15, 0.2) is 34.1 Å². The van der Waals surface area contributed by atoms with E-state index in [9.17, 15) is 19.8 Å². The maximum absolute atomic E-state index is 11.1. The van der Waals surface area contributed by atoms with E-state index in [1.165, 1.54) is 23.5 Å². The average Bonchev–Trinajstić information content (AvgIpc) is 2.81. The van der Waals surface area contributed by atoms with Gasteiger partial charge in [-0.3, -0.25) is 0 Å². The summed E-state index contributed by atoms with van der Waals surface area (Å²) in [4.78, 5) is 22.8. The molecule has 0 atom stereocenters. The van der Waals surface area contributed by atoms with E-state index in [2.05, 4.69) is 15.9 Å². The van der Waals surface area contributed by atoms with Crippen LogP contribution in [0.4, 0.5) is 0 Å². The highest BCUT2D eigenvalue weighted by Gasteiger charge is 2.12. The zero-order chi connectivity index (χ0) is 14.7. The molecule has 0 spiro atoms. The van der Waals surface area contributed by atoms with Crippen LogP contribution >= 0.6 is 27.3 Å². The SMILES string of the molecule is O=C([O-])c1cccc(OCc2cc(Br)cs2)c1C(=O)[O-]. The van der Waals surface area contributed by atoms with Crippen molar-refractivity contribution in [2.45, 2.75) is 6.61 Å². The van der Waals surface area contributed by atoms with Crippen LogP contribution in [0.2, 0.25) is 0 Å². The number of benzene rings is 1. The molecular weight excluding hydrogens is 348 g/mol. The summed E-state index contributed by atoms with van der Waals surface area (Å²) in [5, 5.41) is 23.8. The van der Waals surface area contributed by atoms with E-state index in [-0.39, 0.29) is 12.4 Å². The average molecular weight is 355 g/mol. The molecule has 0 saturated heterocycles. The van der Waals surface area contributed by atoms with Crippen molar-refractivity contribution in [3.8, 4) is 5.75 Å². The van der Waals surface area contributed by atoms with Crippen molar-refractivity contribution in [3.63, 3.8) is 0 Å². The Hall–Kier alpha value is -1.86. The highest BCUT2D eigenvalue weighted by Crippen LogP contribution is 2.25. The molecule has 1 aromatic heterocycles. The summed E-state index contributed by atoms with van der Waals surface area (Å²) in [5.74, 6) is -3.27. The minimum Gasteiger partial charge on any atom is -0.545 e. The molecule has 1 aromatic carbocycles. The Kier molecular flexibility index (Phi) is 4.41. The smallest absolute Gasteiger partial charge is 0.129 e. The van der Waals surface area contributed by atoms with Crippen molar-refractivity contribution in [2.24, 2.45) is 0 Å². The third kappa shape index (κ3) is 3.17. The van der Waals surface area contributed by atoms with Crippen molar-refractivity contribution in [1.29, 1.82) is 0 Å². The molecule has 0 fully saturated rings. The van der Waals surface area contributed by atoms with E-state index in [4.69, 9.17) is 4.74 Å². The first-order chi connectivity index (χ1) is 9.49. The van der Waals surface area contributed by atoms with E-state index >= 15 is 0 Å². The molecule has 1 heterocycles. The van der Waals surface area contributed by atoms with E-state index in [0.717, 1.165) is 15.4 Å². The Balaban J connectivity index is 2.29. The molecule has 2 aromatic rings. The molecule has 20 heavy (non-hydrogen) atoms. The fourth-order valence-electron chi connectivity index (χ4n) is 1.61. The van der Waals surface area contributed by atoms with E-state index in [0.29, 0.717) is 0 Å². The largest absolute Gasteiger partial charge is 0.545 e. The number of hydrogen-bond donors (Lipinski definition) is 0. The molecule has 0 amide bonds. The summed E-state index contributed by atoms with van der Waals surface area (Å²) in [6.07, 6.45) is 0. The van der Waals surface area contributed by atoms with Crippen molar-refractivity contribution < 1.29 is 24.5 Å². The van der Waals surface area contributed by atoms with Gasteiger partial charge in [0.1, 0.15) is 12.4 Å². The molecule has 0 saturated carbocycles. The second kappa shape index (κ2) is 6.06. The molecule has 0 radical (unpaired) electrons. The van der Waals surface area contributed by atoms with Gasteiger partial charge in [0, 0.05) is 25.9 Å². The van der Waals surface area contributed by atoms with E-state index in [1.54, 1.807) is 0 Å². The molecule has 0 bridgehead atoms. The lowest BCUT2D eigenvalue weighted by Gasteiger charge is -2.16. The van der Waals surface area contributed by atoms with Crippen molar-refractivity contribution >= 4 is 39.2 Å². The normalized spacial score (nSPS) is 10.2. The maximum atomic E-state index is 11.1. The van der Waals surface area contributed by atoms with Gasteiger partial charge < -0.3 is 24.5 Å². The predicted molar refractivity (Wildman–Crippen MR) is 71.5 cm³/mol. The zero-order valence-corrected chi connectivity index (χ0v) is 12.3. The molecule has 2 rings (SSSR count). The number of carbonyl (C=O) groups is 2. The molecule has 104 valence electrons. The monoisotopic (exact) mass is 354 g/mol. The van der Waals surface area contributed by atoms with Gasteiger partial charge in [-0.05, 0) is 28.1 Å². The number of carboxylic acids is 2. The predicted octanol–water partition coefficient (Wildman–Crippen LogP) is 0.817. The summed E-state index contributed by atoms with van der Waals surface area (Å²) in [6, 6.07) is 5.72. The molecular formula is C13H7BrO5S-2. The van der Waals surface area contributed by atoms with Crippen LogP contribution in [0.3, 0.4) is 0 Å². The lowest BCUT2D eigenvalue weighted by atomic mass is 10.1. The second-order valence-corrected chi connectivity index (χ2v) is 5.68. The quantitative estimate of drug-likeness (QED) is 0.792. The van der Waals surface area contributed by atoms with Crippen LogP contribution < -0.4 is 14.9 Å². The van der Waals surface area contributed by atoms with Crippen molar-refractivity contribution in [3.05, 3.63) is 50.1 Å². The van der Waals surface area contributed by atoms with Crippen molar-refractivity contribution in [1.82, 2.24) is 0 Å². The minimum atomic E-state index is -1.62. The van der Waals surface area contributed by atoms with E-state index in [1.807, 2.05) is 11.4 Å². The lowest BCUT2D eigenvalue weighted by Crippen LogP contribution is -2.30. The summed E-state index contributed by atoms with van der Waals surface area (Å²) in [5.41, 5.74) is -0.974. The number of carboxylic acid groups (broad SMARTS) is 2. The van der Waals surface area contributed by atoms with Gasteiger partial charge in [-0.1, -0.05) is 12.1 Å². The summed E-state index contributed by atoms with van der Waals surface area (Å²) in [7, 11) is 0. The van der Waals surface area contributed by atoms with Crippen LogP contribution in [0, 0.1) is 0 Å². The van der Waals surface area contributed by atoms with Crippen LogP contribution in [0.5, 0.6) is 5.75 Å². The van der Waals surface area contributed by atoms with Crippen LogP contribution in [0.25, 0.3) is 0 Å². The van der Waals surface area contributed by atoms with Gasteiger partial charge in [0.05, 0.1) is 11.9 Å². The van der Waals surface area contributed by atoms with Crippen LogP contribution in [0.1, 0.15) is 25.6 Å². The van der Waals surface area contributed by atoms with Gasteiger partial charge in [-0.2, -0.15) is 0 Å². The van der Waals surface area contributed by atoms with Crippen LogP contribution in [-0.4, -0.2) is 11.9 Å². The number of aromatic carboxylic acids is 2. The summed E-state index contributed by atoms with van der Waals surface area (Å²) in [6.45, 7) is 0.132. The van der Waals surface area contributed by atoms with Gasteiger partial charge in [0.2, 0.25) is 0 Å². The van der Waals surface area contributed by atoms with Gasteiger partial charge in [0.15, 0.2) is 0 Å². The first kappa shape index (κ1) is 14.5. The fourth-order valence-corrected chi connectivity index (χ4v) is 2.97. The Morgan fingerprint density at radius 1 is 1.25 bits per heavy atom.